The molecule has 5 heteroatoms. The Balaban J connectivity index is 1.84. The number of aromatic nitrogens is 2. The lowest BCUT2D eigenvalue weighted by Gasteiger charge is -2.20. The Labute approximate surface area is 114 Å². The van der Waals surface area contributed by atoms with Crippen LogP contribution < -0.4 is 5.32 Å². The zero-order valence-corrected chi connectivity index (χ0v) is 11.8. The van der Waals surface area contributed by atoms with Gasteiger partial charge in [-0.15, -0.1) is 0 Å². The molecule has 2 heterocycles. The predicted octanol–water partition coefficient (Wildman–Crippen LogP) is 2.32. The van der Waals surface area contributed by atoms with Crippen molar-refractivity contribution in [1.82, 2.24) is 14.9 Å². The quantitative estimate of drug-likeness (QED) is 0.858. The van der Waals surface area contributed by atoms with E-state index in [-0.39, 0.29) is 5.82 Å². The molecule has 1 unspecified atom stereocenters. The standard InChI is InChI=1S/C14H23FN4/c1-3-12-13(15)14(18-10-17-12)16-8-11(2)9-19-6-4-5-7-19/h10-11H,3-9H2,1-2H3,(H,16,17,18). The smallest absolute Gasteiger partial charge is 0.186 e. The number of rotatable bonds is 6. The zero-order chi connectivity index (χ0) is 13.7. The van der Waals surface area contributed by atoms with Crippen molar-refractivity contribution in [3.63, 3.8) is 0 Å². The van der Waals surface area contributed by atoms with Crippen LogP contribution in [0, 0.1) is 11.7 Å². The molecule has 0 amide bonds. The van der Waals surface area contributed by atoms with Gasteiger partial charge in [-0.05, 0) is 38.3 Å². The number of anilines is 1. The molecule has 0 radical (unpaired) electrons. The second-order valence-electron chi connectivity index (χ2n) is 5.33. The van der Waals surface area contributed by atoms with Gasteiger partial charge in [-0.1, -0.05) is 13.8 Å². The Morgan fingerprint density at radius 1 is 1.37 bits per heavy atom. The van der Waals surface area contributed by atoms with E-state index in [4.69, 9.17) is 0 Å². The van der Waals surface area contributed by atoms with E-state index in [1.165, 1.54) is 32.3 Å². The third-order valence-corrected chi connectivity index (χ3v) is 3.58. The second-order valence-corrected chi connectivity index (χ2v) is 5.33. The predicted molar refractivity (Wildman–Crippen MR) is 74.7 cm³/mol. The van der Waals surface area contributed by atoms with E-state index in [9.17, 15) is 4.39 Å². The van der Waals surface area contributed by atoms with E-state index in [1.54, 1.807) is 0 Å². The van der Waals surface area contributed by atoms with Gasteiger partial charge in [0.2, 0.25) is 0 Å². The maximum Gasteiger partial charge on any atom is 0.186 e. The molecule has 1 N–H and O–H groups in total. The number of likely N-dealkylation sites (tertiary alicyclic amines) is 1. The molecule has 0 spiro atoms. The van der Waals surface area contributed by atoms with E-state index >= 15 is 0 Å². The van der Waals surface area contributed by atoms with Gasteiger partial charge in [0.1, 0.15) is 6.33 Å². The Hall–Kier alpha value is -1.23. The van der Waals surface area contributed by atoms with Crippen LogP contribution in [0.5, 0.6) is 0 Å². The number of halogens is 1. The van der Waals surface area contributed by atoms with Crippen LogP contribution in [0.3, 0.4) is 0 Å². The van der Waals surface area contributed by atoms with Crippen LogP contribution in [0.2, 0.25) is 0 Å². The van der Waals surface area contributed by atoms with Crippen molar-refractivity contribution in [2.75, 3.05) is 31.5 Å². The fourth-order valence-electron chi connectivity index (χ4n) is 2.52. The molecule has 1 saturated heterocycles. The molecule has 1 aliphatic rings. The van der Waals surface area contributed by atoms with Crippen molar-refractivity contribution in [1.29, 1.82) is 0 Å². The van der Waals surface area contributed by atoms with Crippen LogP contribution in [0.4, 0.5) is 10.2 Å². The van der Waals surface area contributed by atoms with Crippen molar-refractivity contribution in [2.24, 2.45) is 5.92 Å². The molecule has 1 fully saturated rings. The molecule has 0 bridgehead atoms. The molecule has 0 saturated carbocycles. The Bertz CT molecular complexity index is 404. The number of nitrogens with zero attached hydrogens (tertiary/aromatic N) is 3. The summed E-state index contributed by atoms with van der Waals surface area (Å²) in [4.78, 5) is 10.4. The van der Waals surface area contributed by atoms with Crippen LogP contribution >= 0.6 is 0 Å². The average molecular weight is 266 g/mol. The highest BCUT2D eigenvalue weighted by Crippen LogP contribution is 2.15. The van der Waals surface area contributed by atoms with Crippen molar-refractivity contribution in [3.05, 3.63) is 17.8 Å². The minimum atomic E-state index is -0.307. The van der Waals surface area contributed by atoms with Gasteiger partial charge in [0.25, 0.3) is 0 Å². The molecular weight excluding hydrogens is 243 g/mol. The summed E-state index contributed by atoms with van der Waals surface area (Å²) >= 11 is 0. The highest BCUT2D eigenvalue weighted by molar-refractivity contribution is 5.37. The largest absolute Gasteiger partial charge is 0.367 e. The summed E-state index contributed by atoms with van der Waals surface area (Å²) in [6.07, 6.45) is 4.63. The van der Waals surface area contributed by atoms with E-state index in [0.29, 0.717) is 23.9 Å². The first kappa shape index (κ1) is 14.2. The second kappa shape index (κ2) is 6.80. The highest BCUT2D eigenvalue weighted by atomic mass is 19.1. The lowest BCUT2D eigenvalue weighted by Crippen LogP contribution is -2.29. The highest BCUT2D eigenvalue weighted by Gasteiger charge is 2.15. The molecule has 106 valence electrons. The van der Waals surface area contributed by atoms with Gasteiger partial charge in [0.15, 0.2) is 11.6 Å². The number of aryl methyl sites for hydroxylation is 1. The zero-order valence-electron chi connectivity index (χ0n) is 11.8. The Kier molecular flexibility index (Phi) is 5.07. The molecular formula is C14H23FN4. The van der Waals surface area contributed by atoms with Crippen molar-refractivity contribution in [3.8, 4) is 0 Å². The monoisotopic (exact) mass is 266 g/mol. The maximum absolute atomic E-state index is 13.9. The summed E-state index contributed by atoms with van der Waals surface area (Å²) in [5.41, 5.74) is 0.477. The maximum atomic E-state index is 13.9. The van der Waals surface area contributed by atoms with Gasteiger partial charge in [-0.25, -0.2) is 14.4 Å². The third kappa shape index (κ3) is 3.86. The van der Waals surface area contributed by atoms with Crippen LogP contribution in [0.15, 0.2) is 6.33 Å². The fraction of sp³-hybridized carbons (Fsp3) is 0.714. The SMILES string of the molecule is CCc1ncnc(NCC(C)CN2CCCC2)c1F. The van der Waals surface area contributed by atoms with Crippen LogP contribution in [-0.4, -0.2) is 41.0 Å². The lowest BCUT2D eigenvalue weighted by molar-refractivity contribution is 0.294. The Morgan fingerprint density at radius 2 is 2.11 bits per heavy atom. The molecule has 2 rings (SSSR count). The first-order valence-corrected chi connectivity index (χ1v) is 7.16. The van der Waals surface area contributed by atoms with Gasteiger partial charge in [-0.2, -0.15) is 0 Å². The first-order chi connectivity index (χ1) is 9.20. The number of hydrogen-bond donors (Lipinski definition) is 1. The molecule has 0 aliphatic carbocycles. The minimum Gasteiger partial charge on any atom is -0.367 e. The topological polar surface area (TPSA) is 41.1 Å². The Morgan fingerprint density at radius 3 is 2.79 bits per heavy atom. The molecule has 19 heavy (non-hydrogen) atoms. The van der Waals surface area contributed by atoms with Gasteiger partial charge in [-0.3, -0.25) is 0 Å². The van der Waals surface area contributed by atoms with Gasteiger partial charge in [0, 0.05) is 13.1 Å². The van der Waals surface area contributed by atoms with E-state index in [0.717, 1.165) is 13.1 Å². The summed E-state index contributed by atoms with van der Waals surface area (Å²) in [5, 5.41) is 3.11. The summed E-state index contributed by atoms with van der Waals surface area (Å²) in [6, 6.07) is 0. The molecule has 1 atom stereocenters. The van der Waals surface area contributed by atoms with Gasteiger partial charge < -0.3 is 10.2 Å². The summed E-state index contributed by atoms with van der Waals surface area (Å²) < 4.78 is 13.9. The van der Waals surface area contributed by atoms with Crippen molar-refractivity contribution < 1.29 is 4.39 Å². The van der Waals surface area contributed by atoms with Crippen molar-refractivity contribution in [2.45, 2.75) is 33.1 Å². The molecule has 1 aromatic rings. The van der Waals surface area contributed by atoms with Crippen LogP contribution in [0.25, 0.3) is 0 Å². The fourth-order valence-corrected chi connectivity index (χ4v) is 2.52. The number of nitrogens with one attached hydrogen (secondary N) is 1. The minimum absolute atomic E-state index is 0.307. The van der Waals surface area contributed by atoms with E-state index < -0.39 is 0 Å². The number of hydrogen-bond acceptors (Lipinski definition) is 4. The van der Waals surface area contributed by atoms with Crippen LogP contribution in [0.1, 0.15) is 32.4 Å². The summed E-state index contributed by atoms with van der Waals surface area (Å²) in [5.74, 6) is 0.510. The summed E-state index contributed by atoms with van der Waals surface area (Å²) in [7, 11) is 0. The molecule has 4 nitrogen and oxygen atoms in total. The lowest BCUT2D eigenvalue weighted by atomic mass is 10.1. The van der Waals surface area contributed by atoms with Crippen molar-refractivity contribution >= 4 is 5.82 Å². The molecule has 0 aromatic carbocycles. The van der Waals surface area contributed by atoms with Gasteiger partial charge >= 0.3 is 0 Å². The van der Waals surface area contributed by atoms with E-state index in [2.05, 4.69) is 27.1 Å². The summed E-state index contributed by atoms with van der Waals surface area (Å²) in [6.45, 7) is 8.29. The molecule has 1 aliphatic heterocycles. The average Bonchev–Trinajstić information content (AvgIpc) is 2.90. The van der Waals surface area contributed by atoms with Gasteiger partial charge in [0.05, 0.1) is 5.69 Å². The normalized spacial score (nSPS) is 17.6. The van der Waals surface area contributed by atoms with Crippen LogP contribution in [-0.2, 0) is 6.42 Å². The first-order valence-electron chi connectivity index (χ1n) is 7.16. The van der Waals surface area contributed by atoms with E-state index in [1.807, 2.05) is 6.92 Å². The third-order valence-electron chi connectivity index (χ3n) is 3.58. The molecule has 1 aromatic heterocycles.